The third-order valence-corrected chi connectivity index (χ3v) is 5.51. The highest BCUT2D eigenvalue weighted by Gasteiger charge is 2.39. The van der Waals surface area contributed by atoms with Crippen molar-refractivity contribution in [2.24, 2.45) is 0 Å². The van der Waals surface area contributed by atoms with Crippen molar-refractivity contribution < 1.29 is 26.3 Å². The number of pyridine rings is 1. The van der Waals surface area contributed by atoms with Crippen molar-refractivity contribution in [3.8, 4) is 11.5 Å². The molecule has 0 N–H and O–H groups in total. The summed E-state index contributed by atoms with van der Waals surface area (Å²) in [6.45, 7) is -0.367. The quantitative estimate of drug-likeness (QED) is 0.550. The van der Waals surface area contributed by atoms with Crippen LogP contribution in [0.2, 0.25) is 0 Å². The van der Waals surface area contributed by atoms with Crippen LogP contribution in [0.3, 0.4) is 0 Å². The minimum absolute atomic E-state index is 0.00810. The largest absolute Gasteiger partial charge is 0.455 e. The molecule has 5 nitrogen and oxygen atoms in total. The second-order valence-corrected chi connectivity index (χ2v) is 7.98. The fourth-order valence-corrected chi connectivity index (χ4v) is 3.97. The van der Waals surface area contributed by atoms with Crippen LogP contribution in [0, 0.1) is 0 Å². The van der Waals surface area contributed by atoms with Crippen LogP contribution >= 0.6 is 0 Å². The van der Waals surface area contributed by atoms with Crippen molar-refractivity contribution >= 4 is 15.7 Å². The summed E-state index contributed by atoms with van der Waals surface area (Å²) < 4.78 is 70.7. The molecule has 0 fully saturated rings. The molecule has 0 aliphatic rings. The minimum Gasteiger partial charge on any atom is -0.455 e. The molecule has 152 valence electrons. The molecular formula is C20H17F3N2O3S. The maximum Gasteiger partial charge on any atom is 0.404 e. The summed E-state index contributed by atoms with van der Waals surface area (Å²) >= 11 is 0. The lowest BCUT2D eigenvalue weighted by atomic mass is 10.2. The van der Waals surface area contributed by atoms with E-state index < -0.39 is 22.0 Å². The van der Waals surface area contributed by atoms with Gasteiger partial charge in [0.15, 0.2) is 11.5 Å². The van der Waals surface area contributed by atoms with Crippen LogP contribution in [0.5, 0.6) is 11.5 Å². The lowest BCUT2D eigenvalue weighted by Crippen LogP contribution is -2.38. The molecule has 9 heteroatoms. The van der Waals surface area contributed by atoms with Crippen molar-refractivity contribution in [1.82, 2.24) is 4.98 Å². The molecular weight excluding hydrogens is 405 g/mol. The van der Waals surface area contributed by atoms with Crippen molar-refractivity contribution in [2.45, 2.75) is 12.7 Å². The third-order valence-electron chi connectivity index (χ3n) is 3.82. The summed E-state index contributed by atoms with van der Waals surface area (Å²) in [5.74, 6) is -1.46. The number of benzene rings is 2. The van der Waals surface area contributed by atoms with E-state index in [9.17, 15) is 21.6 Å². The first kappa shape index (κ1) is 20.7. The van der Waals surface area contributed by atoms with Gasteiger partial charge in [0.1, 0.15) is 5.75 Å². The monoisotopic (exact) mass is 422 g/mol. The molecule has 1 heterocycles. The van der Waals surface area contributed by atoms with Gasteiger partial charge in [-0.15, -0.1) is 0 Å². The average Bonchev–Trinajstić information content (AvgIpc) is 2.66. The number of rotatable bonds is 7. The van der Waals surface area contributed by atoms with Gasteiger partial charge in [-0.3, -0.25) is 9.29 Å². The first-order chi connectivity index (χ1) is 13.7. The number of alkyl halides is 3. The Morgan fingerprint density at radius 1 is 0.897 bits per heavy atom. The van der Waals surface area contributed by atoms with Gasteiger partial charge in [0.05, 0.1) is 17.9 Å². The Balaban J connectivity index is 2.04. The van der Waals surface area contributed by atoms with Crippen LogP contribution in [-0.2, 0) is 16.6 Å². The maximum atomic E-state index is 13.0. The first-order valence-electron chi connectivity index (χ1n) is 8.54. The Hall–Kier alpha value is -3.07. The third kappa shape index (κ3) is 5.71. The van der Waals surface area contributed by atoms with Crippen molar-refractivity contribution in [3.63, 3.8) is 0 Å². The first-order valence-corrected chi connectivity index (χ1v) is 10.1. The molecule has 3 rings (SSSR count). The molecule has 1 aromatic heterocycles. The van der Waals surface area contributed by atoms with E-state index in [1.807, 2.05) is 0 Å². The smallest absolute Gasteiger partial charge is 0.404 e. The topological polar surface area (TPSA) is 59.5 Å². The van der Waals surface area contributed by atoms with Crippen LogP contribution in [-0.4, -0.2) is 25.3 Å². The standard InChI is InChI=1S/C20H17F3N2O3S/c21-20(22,23)15-29(26,27)25(14-16-8-6-7-13-24-16)18-11-4-5-12-19(18)28-17-9-2-1-3-10-17/h1-13H,14-15H2. The highest BCUT2D eigenvalue weighted by atomic mass is 32.2. The Labute approximate surface area is 166 Å². The van der Waals surface area contributed by atoms with E-state index in [-0.39, 0.29) is 18.0 Å². The van der Waals surface area contributed by atoms with Crippen LogP contribution in [0.15, 0.2) is 79.0 Å². The molecule has 2 aromatic carbocycles. The van der Waals surface area contributed by atoms with E-state index in [0.717, 1.165) is 0 Å². The van der Waals surface area contributed by atoms with Crippen molar-refractivity contribution in [3.05, 3.63) is 84.7 Å². The second-order valence-electron chi connectivity index (χ2n) is 6.08. The average molecular weight is 422 g/mol. The molecule has 0 spiro atoms. The van der Waals surface area contributed by atoms with Crippen molar-refractivity contribution in [2.75, 3.05) is 10.1 Å². The number of anilines is 1. The fourth-order valence-electron chi connectivity index (χ4n) is 2.62. The number of nitrogens with zero attached hydrogens (tertiary/aromatic N) is 2. The molecule has 0 atom stereocenters. The van der Waals surface area contributed by atoms with E-state index in [4.69, 9.17) is 4.74 Å². The number of hydrogen-bond donors (Lipinski definition) is 0. The van der Waals surface area contributed by atoms with E-state index in [1.165, 1.54) is 30.5 Å². The molecule has 0 radical (unpaired) electrons. The van der Waals surface area contributed by atoms with Gasteiger partial charge >= 0.3 is 6.18 Å². The minimum atomic E-state index is -4.89. The highest BCUT2D eigenvalue weighted by molar-refractivity contribution is 7.92. The fraction of sp³-hybridized carbons (Fsp3) is 0.150. The van der Waals surface area contributed by atoms with Gasteiger partial charge in [-0.25, -0.2) is 8.42 Å². The van der Waals surface area contributed by atoms with Crippen molar-refractivity contribution in [1.29, 1.82) is 0 Å². The highest BCUT2D eigenvalue weighted by Crippen LogP contribution is 2.35. The number of halogens is 3. The molecule has 3 aromatic rings. The van der Waals surface area contributed by atoms with Gasteiger partial charge in [0.25, 0.3) is 0 Å². The SMILES string of the molecule is O=S(=O)(CC(F)(F)F)N(Cc1ccccn1)c1ccccc1Oc1ccccc1. The van der Waals surface area contributed by atoms with E-state index in [0.29, 0.717) is 15.7 Å². The number of hydrogen-bond acceptors (Lipinski definition) is 4. The normalized spacial score (nSPS) is 11.8. The van der Waals surface area contributed by atoms with Crippen LogP contribution < -0.4 is 9.04 Å². The summed E-state index contributed by atoms with van der Waals surface area (Å²) in [4.78, 5) is 4.04. The summed E-state index contributed by atoms with van der Waals surface area (Å²) in [5.41, 5.74) is 0.291. The summed E-state index contributed by atoms with van der Waals surface area (Å²) in [6, 6.07) is 19.4. The molecule has 0 bridgehead atoms. The van der Waals surface area contributed by atoms with Gasteiger partial charge in [0, 0.05) is 6.20 Å². The van der Waals surface area contributed by atoms with Crippen LogP contribution in [0.25, 0.3) is 0 Å². The molecule has 0 aliphatic heterocycles. The van der Waals surface area contributed by atoms with Gasteiger partial charge in [-0.1, -0.05) is 36.4 Å². The number of sulfonamides is 1. The van der Waals surface area contributed by atoms with Crippen LogP contribution in [0.4, 0.5) is 18.9 Å². The van der Waals surface area contributed by atoms with E-state index in [1.54, 1.807) is 48.5 Å². The molecule has 0 unspecified atom stereocenters. The number of para-hydroxylation sites is 3. The Morgan fingerprint density at radius 2 is 1.55 bits per heavy atom. The summed E-state index contributed by atoms with van der Waals surface area (Å²) in [6.07, 6.45) is -3.45. The van der Waals surface area contributed by atoms with Crippen LogP contribution in [0.1, 0.15) is 5.69 Å². The zero-order valence-corrected chi connectivity index (χ0v) is 15.9. The Bertz CT molecular complexity index is 1040. The maximum absolute atomic E-state index is 13.0. The number of ether oxygens (including phenoxy) is 1. The molecule has 29 heavy (non-hydrogen) atoms. The van der Waals surface area contributed by atoms with Gasteiger partial charge in [-0.2, -0.15) is 13.2 Å². The molecule has 0 aliphatic carbocycles. The lowest BCUT2D eigenvalue weighted by Gasteiger charge is -2.26. The second kappa shape index (κ2) is 8.52. The van der Waals surface area contributed by atoms with E-state index in [2.05, 4.69) is 4.98 Å². The summed E-state index contributed by atoms with van der Waals surface area (Å²) in [5, 5.41) is 0. The molecule has 0 saturated heterocycles. The predicted molar refractivity (Wildman–Crippen MR) is 103 cm³/mol. The van der Waals surface area contributed by atoms with Gasteiger partial charge in [0.2, 0.25) is 10.0 Å². The van der Waals surface area contributed by atoms with Gasteiger partial charge in [-0.05, 0) is 36.4 Å². The predicted octanol–water partition coefficient (Wildman–Crippen LogP) is 4.77. The zero-order chi connectivity index (χ0) is 20.9. The number of aromatic nitrogens is 1. The molecule has 0 saturated carbocycles. The lowest BCUT2D eigenvalue weighted by molar-refractivity contribution is -0.106. The summed E-state index contributed by atoms with van der Waals surface area (Å²) in [7, 11) is -4.76. The van der Waals surface area contributed by atoms with Gasteiger partial charge < -0.3 is 4.74 Å². The Morgan fingerprint density at radius 3 is 2.21 bits per heavy atom. The van der Waals surface area contributed by atoms with E-state index >= 15 is 0 Å². The zero-order valence-electron chi connectivity index (χ0n) is 15.1. The Kier molecular flexibility index (Phi) is 6.07. The molecule has 0 amide bonds.